The van der Waals surface area contributed by atoms with Crippen LogP contribution in [0.4, 0.5) is 0 Å². The van der Waals surface area contributed by atoms with E-state index >= 15 is 0 Å². The Hall–Kier alpha value is -2.34. The van der Waals surface area contributed by atoms with Crippen molar-refractivity contribution in [1.29, 1.82) is 0 Å². The number of carbonyl (C=O) groups is 1. The minimum Gasteiger partial charge on any atom is -0.507 e. The number of aromatic hydroxyl groups is 1. The molecule has 1 N–H and O–H groups in total. The number of aryl methyl sites for hydroxylation is 2. The first-order valence-electron chi connectivity index (χ1n) is 7.92. The standard InChI is InChI=1S/C18H23NO5/c1-5-23-15(20)7-6-12-9-13-11(2)8-16(21)24-18(13)14(17(12)22)10-19(3)4/h8-9,22H,5-7,10H2,1-4H3. The van der Waals surface area contributed by atoms with E-state index in [0.29, 0.717) is 36.3 Å². The molecule has 0 saturated heterocycles. The van der Waals surface area contributed by atoms with Gasteiger partial charge in [0, 0.05) is 24.4 Å². The lowest BCUT2D eigenvalue weighted by Gasteiger charge is -2.16. The fourth-order valence-corrected chi connectivity index (χ4v) is 2.69. The molecule has 6 heteroatoms. The van der Waals surface area contributed by atoms with Gasteiger partial charge in [0.1, 0.15) is 11.3 Å². The lowest BCUT2D eigenvalue weighted by Crippen LogP contribution is -2.13. The summed E-state index contributed by atoms with van der Waals surface area (Å²) in [5.74, 6) is -0.239. The van der Waals surface area contributed by atoms with Gasteiger partial charge in [-0.2, -0.15) is 0 Å². The Kier molecular flexibility index (Phi) is 5.62. The zero-order chi connectivity index (χ0) is 17.9. The smallest absolute Gasteiger partial charge is 0.336 e. The summed E-state index contributed by atoms with van der Waals surface area (Å²) < 4.78 is 10.3. The van der Waals surface area contributed by atoms with Crippen LogP contribution in [0.15, 0.2) is 21.3 Å². The van der Waals surface area contributed by atoms with E-state index in [9.17, 15) is 14.7 Å². The average Bonchev–Trinajstić information content (AvgIpc) is 2.49. The van der Waals surface area contributed by atoms with Gasteiger partial charge in [0.25, 0.3) is 0 Å². The van der Waals surface area contributed by atoms with Gasteiger partial charge in [0.2, 0.25) is 0 Å². The van der Waals surface area contributed by atoms with E-state index in [1.54, 1.807) is 13.0 Å². The number of nitrogens with zero attached hydrogens (tertiary/aromatic N) is 1. The zero-order valence-corrected chi connectivity index (χ0v) is 14.5. The Morgan fingerprint density at radius 2 is 2.04 bits per heavy atom. The molecular formula is C18H23NO5. The number of ether oxygens (including phenoxy) is 1. The Balaban J connectivity index is 2.54. The Morgan fingerprint density at radius 1 is 1.33 bits per heavy atom. The number of fused-ring (bicyclic) bond motifs is 1. The van der Waals surface area contributed by atoms with E-state index in [-0.39, 0.29) is 18.1 Å². The molecule has 0 aliphatic rings. The molecule has 2 aromatic rings. The van der Waals surface area contributed by atoms with E-state index in [2.05, 4.69) is 0 Å². The van der Waals surface area contributed by atoms with Crippen molar-refractivity contribution in [1.82, 2.24) is 4.90 Å². The summed E-state index contributed by atoms with van der Waals surface area (Å²) in [4.78, 5) is 25.2. The lowest BCUT2D eigenvalue weighted by atomic mass is 9.98. The summed E-state index contributed by atoms with van der Waals surface area (Å²) in [6.45, 7) is 4.33. The van der Waals surface area contributed by atoms with E-state index < -0.39 is 5.63 Å². The SMILES string of the molecule is CCOC(=O)CCc1cc2c(C)cc(=O)oc2c(CN(C)C)c1O. The van der Waals surface area contributed by atoms with Crippen LogP contribution in [0.3, 0.4) is 0 Å². The molecule has 0 aliphatic heterocycles. The molecule has 0 amide bonds. The Bertz CT molecular complexity index is 807. The third-order valence-electron chi connectivity index (χ3n) is 3.77. The maximum Gasteiger partial charge on any atom is 0.336 e. The Morgan fingerprint density at radius 3 is 2.67 bits per heavy atom. The highest BCUT2D eigenvalue weighted by molar-refractivity contribution is 5.86. The van der Waals surface area contributed by atoms with Crippen LogP contribution < -0.4 is 5.63 Å². The summed E-state index contributed by atoms with van der Waals surface area (Å²) >= 11 is 0. The third-order valence-corrected chi connectivity index (χ3v) is 3.77. The van der Waals surface area contributed by atoms with Gasteiger partial charge in [0.05, 0.1) is 12.2 Å². The van der Waals surface area contributed by atoms with Crippen molar-refractivity contribution in [3.8, 4) is 5.75 Å². The van der Waals surface area contributed by atoms with Crippen molar-refractivity contribution in [3.63, 3.8) is 0 Å². The van der Waals surface area contributed by atoms with E-state index in [0.717, 1.165) is 10.9 Å². The number of benzene rings is 1. The molecule has 130 valence electrons. The van der Waals surface area contributed by atoms with Crippen LogP contribution >= 0.6 is 0 Å². The molecule has 24 heavy (non-hydrogen) atoms. The number of rotatable bonds is 6. The highest BCUT2D eigenvalue weighted by Crippen LogP contribution is 2.33. The second-order valence-electron chi connectivity index (χ2n) is 6.03. The van der Waals surface area contributed by atoms with Crippen LogP contribution in [0.5, 0.6) is 5.75 Å². The van der Waals surface area contributed by atoms with Gasteiger partial charge in [-0.3, -0.25) is 4.79 Å². The summed E-state index contributed by atoms with van der Waals surface area (Å²) in [6, 6.07) is 3.20. The first-order valence-corrected chi connectivity index (χ1v) is 7.92. The molecule has 1 aromatic heterocycles. The van der Waals surface area contributed by atoms with Crippen LogP contribution in [0.1, 0.15) is 30.0 Å². The van der Waals surface area contributed by atoms with E-state index in [4.69, 9.17) is 9.15 Å². The molecule has 6 nitrogen and oxygen atoms in total. The fraction of sp³-hybridized carbons (Fsp3) is 0.444. The fourth-order valence-electron chi connectivity index (χ4n) is 2.69. The van der Waals surface area contributed by atoms with Crippen molar-refractivity contribution < 1.29 is 19.1 Å². The summed E-state index contributed by atoms with van der Waals surface area (Å²) in [7, 11) is 3.73. The number of esters is 1. The van der Waals surface area contributed by atoms with Gasteiger partial charge in [-0.25, -0.2) is 4.79 Å². The third kappa shape index (κ3) is 3.94. The second-order valence-corrected chi connectivity index (χ2v) is 6.03. The van der Waals surface area contributed by atoms with Gasteiger partial charge in [-0.1, -0.05) is 0 Å². The summed E-state index contributed by atoms with van der Waals surface area (Å²) in [5.41, 5.74) is 1.92. The normalized spacial score (nSPS) is 11.2. The highest BCUT2D eigenvalue weighted by Gasteiger charge is 2.18. The molecule has 0 unspecified atom stereocenters. The molecule has 2 rings (SSSR count). The molecular weight excluding hydrogens is 310 g/mol. The molecule has 0 bridgehead atoms. The average molecular weight is 333 g/mol. The van der Waals surface area contributed by atoms with Crippen molar-refractivity contribution in [2.45, 2.75) is 33.2 Å². The van der Waals surface area contributed by atoms with Gasteiger partial charge < -0.3 is 19.2 Å². The number of phenolic OH excluding ortho intramolecular Hbond substituents is 1. The Labute approximate surface area is 140 Å². The van der Waals surface area contributed by atoms with Crippen molar-refractivity contribution in [2.24, 2.45) is 0 Å². The molecule has 0 spiro atoms. The highest BCUT2D eigenvalue weighted by atomic mass is 16.5. The van der Waals surface area contributed by atoms with Crippen LogP contribution in [-0.2, 0) is 22.5 Å². The minimum atomic E-state index is -0.446. The summed E-state index contributed by atoms with van der Waals surface area (Å²) in [5, 5.41) is 11.4. The largest absolute Gasteiger partial charge is 0.507 e. The van der Waals surface area contributed by atoms with Crippen molar-refractivity contribution in [3.05, 3.63) is 39.2 Å². The van der Waals surface area contributed by atoms with Crippen LogP contribution in [0.2, 0.25) is 0 Å². The van der Waals surface area contributed by atoms with Crippen molar-refractivity contribution >= 4 is 16.9 Å². The second kappa shape index (κ2) is 7.49. The van der Waals surface area contributed by atoms with Gasteiger partial charge in [-0.05, 0) is 51.6 Å². The molecule has 0 fully saturated rings. The minimum absolute atomic E-state index is 0.0641. The number of hydrogen-bond acceptors (Lipinski definition) is 6. The molecule has 0 aliphatic carbocycles. The maximum absolute atomic E-state index is 11.7. The number of hydrogen-bond donors (Lipinski definition) is 1. The molecule has 0 radical (unpaired) electrons. The predicted molar refractivity (Wildman–Crippen MR) is 91.2 cm³/mol. The topological polar surface area (TPSA) is 80.0 Å². The first-order chi connectivity index (χ1) is 11.3. The van der Waals surface area contributed by atoms with Crippen LogP contribution in [0.25, 0.3) is 11.0 Å². The maximum atomic E-state index is 11.7. The van der Waals surface area contributed by atoms with Gasteiger partial charge in [0.15, 0.2) is 0 Å². The predicted octanol–water partition coefficient (Wildman–Crippen LogP) is 2.36. The van der Waals surface area contributed by atoms with Gasteiger partial charge >= 0.3 is 11.6 Å². The van der Waals surface area contributed by atoms with Gasteiger partial charge in [-0.15, -0.1) is 0 Å². The zero-order valence-electron chi connectivity index (χ0n) is 14.5. The van der Waals surface area contributed by atoms with E-state index in [1.807, 2.05) is 25.9 Å². The quantitative estimate of drug-likeness (QED) is 0.646. The first kappa shape index (κ1) is 18.0. The van der Waals surface area contributed by atoms with Crippen molar-refractivity contribution in [2.75, 3.05) is 20.7 Å². The molecule has 0 saturated carbocycles. The van der Waals surface area contributed by atoms with Crippen LogP contribution in [-0.4, -0.2) is 36.7 Å². The molecule has 1 heterocycles. The number of carbonyl (C=O) groups excluding carboxylic acids is 1. The van der Waals surface area contributed by atoms with Crippen LogP contribution in [0, 0.1) is 6.92 Å². The van der Waals surface area contributed by atoms with E-state index in [1.165, 1.54) is 6.07 Å². The summed E-state index contributed by atoms with van der Waals surface area (Å²) in [6.07, 6.45) is 0.545. The molecule has 1 aromatic carbocycles. The lowest BCUT2D eigenvalue weighted by molar-refractivity contribution is -0.143. The monoisotopic (exact) mass is 333 g/mol. The molecule has 0 atom stereocenters. The number of phenols is 1.